The van der Waals surface area contributed by atoms with Crippen LogP contribution < -0.4 is 15.6 Å². The molecule has 0 aromatic heterocycles. The molecule has 0 saturated carbocycles. The summed E-state index contributed by atoms with van der Waals surface area (Å²) in [5.74, 6) is 0.505. The predicted molar refractivity (Wildman–Crippen MR) is 79.0 cm³/mol. The summed E-state index contributed by atoms with van der Waals surface area (Å²) >= 11 is 0. The lowest BCUT2D eigenvalue weighted by molar-refractivity contribution is -0.123. The Kier molecular flexibility index (Phi) is 5.24. The van der Waals surface area contributed by atoms with E-state index >= 15 is 0 Å². The van der Waals surface area contributed by atoms with E-state index in [-0.39, 0.29) is 12.5 Å². The first kappa shape index (κ1) is 14.2. The van der Waals surface area contributed by atoms with E-state index in [0.717, 1.165) is 24.8 Å². The van der Waals surface area contributed by atoms with Crippen molar-refractivity contribution in [3.63, 3.8) is 0 Å². The standard InChI is InChI=1S/C16H20N2O2/c1-13-6-5-9-15(10-13)20-12-16(19)18-17-11-14-7-3-2-4-8-14/h2-3,5-6,9-11,17H,4,7-8,12H2,1H3,(H,18,19)/b14-11+. The molecular weight excluding hydrogens is 252 g/mol. The highest BCUT2D eigenvalue weighted by Gasteiger charge is 2.02. The number of aryl methyl sites for hydroxylation is 1. The second kappa shape index (κ2) is 7.38. The number of hydrazine groups is 1. The van der Waals surface area contributed by atoms with Gasteiger partial charge in [0.25, 0.3) is 5.91 Å². The second-order valence-electron chi connectivity index (χ2n) is 4.81. The van der Waals surface area contributed by atoms with E-state index in [2.05, 4.69) is 23.0 Å². The highest BCUT2D eigenvalue weighted by molar-refractivity contribution is 5.77. The minimum atomic E-state index is -0.199. The number of hydrogen-bond donors (Lipinski definition) is 2. The van der Waals surface area contributed by atoms with Gasteiger partial charge in [-0.05, 0) is 49.5 Å². The Labute approximate surface area is 119 Å². The van der Waals surface area contributed by atoms with Crippen molar-refractivity contribution in [2.75, 3.05) is 6.61 Å². The van der Waals surface area contributed by atoms with Crippen molar-refractivity contribution in [3.8, 4) is 5.75 Å². The van der Waals surface area contributed by atoms with Gasteiger partial charge in [0, 0.05) is 6.20 Å². The molecule has 0 bridgehead atoms. The topological polar surface area (TPSA) is 50.4 Å². The first-order valence-corrected chi connectivity index (χ1v) is 6.81. The fraction of sp³-hybridized carbons (Fsp3) is 0.312. The zero-order valence-corrected chi connectivity index (χ0v) is 11.7. The van der Waals surface area contributed by atoms with E-state index in [4.69, 9.17) is 4.74 Å². The number of nitrogens with one attached hydrogen (secondary N) is 2. The van der Waals surface area contributed by atoms with Crippen molar-refractivity contribution < 1.29 is 9.53 Å². The molecule has 1 aromatic rings. The van der Waals surface area contributed by atoms with Crippen LogP contribution in [0.3, 0.4) is 0 Å². The fourth-order valence-corrected chi connectivity index (χ4v) is 1.96. The van der Waals surface area contributed by atoms with Gasteiger partial charge in [-0.25, -0.2) is 0 Å². The molecule has 1 aliphatic rings. The summed E-state index contributed by atoms with van der Waals surface area (Å²) in [4.78, 5) is 11.6. The molecule has 106 valence electrons. The van der Waals surface area contributed by atoms with Crippen molar-refractivity contribution in [3.05, 3.63) is 53.8 Å². The molecule has 0 aliphatic heterocycles. The third-order valence-electron chi connectivity index (χ3n) is 3.03. The zero-order chi connectivity index (χ0) is 14.2. The number of rotatable bonds is 5. The van der Waals surface area contributed by atoms with Crippen LogP contribution in [0.1, 0.15) is 24.8 Å². The summed E-state index contributed by atoms with van der Waals surface area (Å²) in [6, 6.07) is 7.63. The van der Waals surface area contributed by atoms with Crippen LogP contribution >= 0.6 is 0 Å². The van der Waals surface area contributed by atoms with Crippen molar-refractivity contribution >= 4 is 5.91 Å². The first-order valence-electron chi connectivity index (χ1n) is 6.81. The molecule has 0 radical (unpaired) electrons. The minimum absolute atomic E-state index is 0.000467. The average molecular weight is 272 g/mol. The minimum Gasteiger partial charge on any atom is -0.484 e. The molecule has 20 heavy (non-hydrogen) atoms. The summed E-state index contributed by atoms with van der Waals surface area (Å²) < 4.78 is 5.41. The molecule has 2 N–H and O–H groups in total. The molecule has 4 nitrogen and oxygen atoms in total. The maximum Gasteiger partial charge on any atom is 0.276 e. The number of ether oxygens (including phenoxy) is 1. The fourth-order valence-electron chi connectivity index (χ4n) is 1.96. The number of benzene rings is 1. The molecule has 0 atom stereocenters. The lowest BCUT2D eigenvalue weighted by Crippen LogP contribution is -2.37. The number of hydrogen-bond acceptors (Lipinski definition) is 3. The Morgan fingerprint density at radius 3 is 3.05 bits per heavy atom. The van der Waals surface area contributed by atoms with Crippen LogP contribution in [0.15, 0.2) is 48.2 Å². The van der Waals surface area contributed by atoms with Gasteiger partial charge < -0.3 is 10.2 Å². The van der Waals surface area contributed by atoms with Crippen LogP contribution in [0.2, 0.25) is 0 Å². The van der Waals surface area contributed by atoms with E-state index in [1.54, 1.807) is 0 Å². The number of amides is 1. The molecule has 4 heteroatoms. The smallest absolute Gasteiger partial charge is 0.276 e. The van der Waals surface area contributed by atoms with Crippen LogP contribution in [0.25, 0.3) is 0 Å². The number of carbonyl (C=O) groups is 1. The van der Waals surface area contributed by atoms with Crippen LogP contribution in [0, 0.1) is 6.92 Å². The largest absolute Gasteiger partial charge is 0.484 e. The van der Waals surface area contributed by atoms with Gasteiger partial charge in [0.15, 0.2) is 6.61 Å². The Morgan fingerprint density at radius 1 is 1.40 bits per heavy atom. The quantitative estimate of drug-likeness (QED) is 0.640. The molecule has 1 amide bonds. The van der Waals surface area contributed by atoms with E-state index in [1.165, 1.54) is 5.57 Å². The Bertz CT molecular complexity index is 521. The van der Waals surface area contributed by atoms with Crippen LogP contribution in [0.5, 0.6) is 5.75 Å². The lowest BCUT2D eigenvalue weighted by Gasteiger charge is -2.10. The zero-order valence-electron chi connectivity index (χ0n) is 11.7. The SMILES string of the molecule is Cc1cccc(OCC(=O)NN/C=C2\CC=CCC2)c1. The maximum atomic E-state index is 11.6. The highest BCUT2D eigenvalue weighted by atomic mass is 16.5. The second-order valence-corrected chi connectivity index (χ2v) is 4.81. The van der Waals surface area contributed by atoms with Crippen LogP contribution in [-0.2, 0) is 4.79 Å². The summed E-state index contributed by atoms with van der Waals surface area (Å²) in [5.41, 5.74) is 7.82. The number of carbonyl (C=O) groups excluding carboxylic acids is 1. The van der Waals surface area contributed by atoms with E-state index in [1.807, 2.05) is 37.4 Å². The normalized spacial score (nSPS) is 15.9. The molecule has 2 rings (SSSR count). The Hall–Kier alpha value is -2.23. The third-order valence-corrected chi connectivity index (χ3v) is 3.03. The van der Waals surface area contributed by atoms with Gasteiger partial charge in [0.05, 0.1) is 0 Å². The van der Waals surface area contributed by atoms with Crippen LogP contribution in [-0.4, -0.2) is 12.5 Å². The molecule has 0 saturated heterocycles. The highest BCUT2D eigenvalue weighted by Crippen LogP contribution is 2.15. The van der Waals surface area contributed by atoms with E-state index < -0.39 is 0 Å². The lowest BCUT2D eigenvalue weighted by atomic mass is 10.0. The maximum absolute atomic E-state index is 11.6. The molecule has 1 aliphatic carbocycles. The van der Waals surface area contributed by atoms with Crippen molar-refractivity contribution in [2.24, 2.45) is 0 Å². The molecule has 0 heterocycles. The average Bonchev–Trinajstić information content (AvgIpc) is 2.46. The molecule has 1 aromatic carbocycles. The monoisotopic (exact) mass is 272 g/mol. The molecule has 0 spiro atoms. The molecule has 0 fully saturated rings. The van der Waals surface area contributed by atoms with Gasteiger partial charge >= 0.3 is 0 Å². The van der Waals surface area contributed by atoms with Gasteiger partial charge in [-0.3, -0.25) is 10.2 Å². The van der Waals surface area contributed by atoms with Crippen molar-refractivity contribution in [2.45, 2.75) is 26.2 Å². The molecular formula is C16H20N2O2. The van der Waals surface area contributed by atoms with Crippen LogP contribution in [0.4, 0.5) is 0 Å². The third kappa shape index (κ3) is 4.80. The van der Waals surface area contributed by atoms with Gasteiger partial charge in [-0.1, -0.05) is 24.3 Å². The Balaban J connectivity index is 1.69. The van der Waals surface area contributed by atoms with Gasteiger partial charge in [0.1, 0.15) is 5.75 Å². The Morgan fingerprint density at radius 2 is 2.30 bits per heavy atom. The summed E-state index contributed by atoms with van der Waals surface area (Å²) in [7, 11) is 0. The summed E-state index contributed by atoms with van der Waals surface area (Å²) in [6.07, 6.45) is 9.22. The summed E-state index contributed by atoms with van der Waals surface area (Å²) in [5, 5.41) is 0. The molecule has 0 unspecified atom stereocenters. The van der Waals surface area contributed by atoms with Gasteiger partial charge in [-0.15, -0.1) is 0 Å². The van der Waals surface area contributed by atoms with E-state index in [9.17, 15) is 4.79 Å². The van der Waals surface area contributed by atoms with Gasteiger partial charge in [-0.2, -0.15) is 0 Å². The van der Waals surface area contributed by atoms with Crippen molar-refractivity contribution in [1.82, 2.24) is 10.9 Å². The van der Waals surface area contributed by atoms with Crippen molar-refractivity contribution in [1.29, 1.82) is 0 Å². The first-order chi connectivity index (χ1) is 9.74. The summed E-state index contributed by atoms with van der Waals surface area (Å²) in [6.45, 7) is 1.98. The van der Waals surface area contributed by atoms with Gasteiger partial charge in [0.2, 0.25) is 0 Å². The predicted octanol–water partition coefficient (Wildman–Crippen LogP) is 2.62. The van der Waals surface area contributed by atoms with E-state index in [0.29, 0.717) is 5.75 Å². The number of allylic oxidation sites excluding steroid dienone is 3.